The summed E-state index contributed by atoms with van der Waals surface area (Å²) in [4.78, 5) is 27.5. The van der Waals surface area contributed by atoms with Crippen LogP contribution in [0.5, 0.6) is 0 Å². The van der Waals surface area contributed by atoms with E-state index in [0.29, 0.717) is 19.2 Å². The molecule has 23 heavy (non-hydrogen) atoms. The van der Waals surface area contributed by atoms with Gasteiger partial charge in [-0.15, -0.1) is 0 Å². The fourth-order valence-electron chi connectivity index (χ4n) is 4.80. The van der Waals surface area contributed by atoms with Crippen LogP contribution < -0.4 is 0 Å². The molecule has 0 N–H and O–H groups in total. The minimum absolute atomic E-state index is 0.0993. The van der Waals surface area contributed by atoms with Crippen molar-refractivity contribution in [3.63, 3.8) is 0 Å². The third kappa shape index (κ3) is 2.24. The molecule has 1 spiro atoms. The van der Waals surface area contributed by atoms with Gasteiger partial charge in [0.15, 0.2) is 0 Å². The Balaban J connectivity index is 1.56. The number of carbonyl (C=O) groups excluding carboxylic acids is 2. The van der Waals surface area contributed by atoms with Crippen molar-refractivity contribution in [2.45, 2.75) is 63.2 Å². The molecule has 5 heteroatoms. The average Bonchev–Trinajstić information content (AvgIpc) is 3.22. The zero-order chi connectivity index (χ0) is 16.0. The first-order chi connectivity index (χ1) is 11.2. The van der Waals surface area contributed by atoms with Crippen LogP contribution in [0.25, 0.3) is 0 Å². The number of hydrogen-bond donors (Lipinski definition) is 0. The Morgan fingerprint density at radius 3 is 2.91 bits per heavy atom. The number of carbonyl (C=O) groups is 2. The van der Waals surface area contributed by atoms with Crippen molar-refractivity contribution < 1.29 is 19.1 Å². The van der Waals surface area contributed by atoms with Gasteiger partial charge in [0.25, 0.3) is 0 Å². The highest BCUT2D eigenvalue weighted by Crippen LogP contribution is 2.53. The summed E-state index contributed by atoms with van der Waals surface area (Å²) in [5, 5.41) is 0. The Morgan fingerprint density at radius 2 is 2.17 bits per heavy atom. The fourth-order valence-corrected chi connectivity index (χ4v) is 4.80. The fraction of sp³-hybridized carbons (Fsp3) is 0.778. The topological polar surface area (TPSA) is 55.8 Å². The van der Waals surface area contributed by atoms with Gasteiger partial charge in [0.1, 0.15) is 11.5 Å². The second kappa shape index (κ2) is 5.62. The lowest BCUT2D eigenvalue weighted by molar-refractivity contribution is -0.154. The summed E-state index contributed by atoms with van der Waals surface area (Å²) < 4.78 is 11.5. The standard InChI is InChI=1S/C18H25NO4/c1-2-10-22-17(21)14-13-8-9-18(23-13)11-19(16(20)15(14)18)12-6-4-3-5-7-12/h8-9,12-15H,2-7,10-11H2,1H3/t13-,14-,15+,18+/m1/s1. The van der Waals surface area contributed by atoms with E-state index in [1.54, 1.807) is 0 Å². The number of amides is 1. The van der Waals surface area contributed by atoms with Crippen LogP contribution in [0.15, 0.2) is 12.2 Å². The number of rotatable bonds is 4. The monoisotopic (exact) mass is 319 g/mol. The Morgan fingerprint density at radius 1 is 1.39 bits per heavy atom. The van der Waals surface area contributed by atoms with Gasteiger partial charge in [-0.2, -0.15) is 0 Å². The van der Waals surface area contributed by atoms with Crippen molar-refractivity contribution in [2.24, 2.45) is 11.8 Å². The molecule has 0 radical (unpaired) electrons. The molecule has 4 rings (SSSR count). The van der Waals surface area contributed by atoms with Gasteiger partial charge in [-0.05, 0) is 19.3 Å². The van der Waals surface area contributed by atoms with Crippen LogP contribution in [0.3, 0.4) is 0 Å². The third-order valence-electron chi connectivity index (χ3n) is 5.87. The molecule has 1 saturated carbocycles. The van der Waals surface area contributed by atoms with Crippen molar-refractivity contribution in [3.8, 4) is 0 Å². The predicted octanol–water partition coefficient (Wildman–Crippen LogP) is 2.05. The average molecular weight is 319 g/mol. The van der Waals surface area contributed by atoms with E-state index in [1.807, 2.05) is 24.0 Å². The minimum Gasteiger partial charge on any atom is -0.465 e. The normalized spacial score (nSPS) is 39.1. The van der Waals surface area contributed by atoms with Crippen molar-refractivity contribution in [1.29, 1.82) is 0 Å². The summed E-state index contributed by atoms with van der Waals surface area (Å²) in [6.45, 7) is 2.98. The Hall–Kier alpha value is -1.36. The van der Waals surface area contributed by atoms with Gasteiger partial charge in [-0.1, -0.05) is 38.3 Å². The summed E-state index contributed by atoms with van der Waals surface area (Å²) in [5.74, 6) is -1.02. The lowest BCUT2D eigenvalue weighted by Gasteiger charge is -2.32. The van der Waals surface area contributed by atoms with E-state index < -0.39 is 11.5 Å². The molecule has 0 aromatic carbocycles. The Bertz CT molecular complexity index is 539. The minimum atomic E-state index is -0.588. The van der Waals surface area contributed by atoms with E-state index in [4.69, 9.17) is 9.47 Å². The Labute approximate surface area is 137 Å². The maximum Gasteiger partial charge on any atom is 0.312 e. The maximum atomic E-state index is 13.1. The van der Waals surface area contributed by atoms with Crippen LogP contribution in [-0.2, 0) is 19.1 Å². The number of nitrogens with zero attached hydrogens (tertiary/aromatic N) is 1. The van der Waals surface area contributed by atoms with Gasteiger partial charge in [-0.3, -0.25) is 9.59 Å². The molecule has 3 heterocycles. The van der Waals surface area contributed by atoms with Crippen LogP contribution in [0.2, 0.25) is 0 Å². The molecule has 126 valence electrons. The summed E-state index contributed by atoms with van der Waals surface area (Å²) in [7, 11) is 0. The number of hydrogen-bond acceptors (Lipinski definition) is 4. The van der Waals surface area contributed by atoms with E-state index in [9.17, 15) is 9.59 Å². The van der Waals surface area contributed by atoms with E-state index >= 15 is 0 Å². The first-order valence-corrected chi connectivity index (χ1v) is 9.00. The SMILES string of the molecule is CCCOC(=O)[C@H]1[C@H]2C(=O)N(C3CCCCC3)C[C@@]23C=C[C@H]1O3. The van der Waals surface area contributed by atoms with Gasteiger partial charge in [0.2, 0.25) is 5.91 Å². The summed E-state index contributed by atoms with van der Waals surface area (Å²) in [5.41, 5.74) is -0.588. The summed E-state index contributed by atoms with van der Waals surface area (Å²) in [6.07, 6.45) is 10.3. The molecule has 3 fully saturated rings. The molecule has 1 aliphatic carbocycles. The van der Waals surface area contributed by atoms with E-state index in [1.165, 1.54) is 19.3 Å². The summed E-state index contributed by atoms with van der Waals surface area (Å²) >= 11 is 0. The number of ether oxygens (including phenoxy) is 2. The van der Waals surface area contributed by atoms with Gasteiger partial charge < -0.3 is 14.4 Å². The lowest BCUT2D eigenvalue weighted by Crippen LogP contribution is -2.42. The van der Waals surface area contributed by atoms with Crippen molar-refractivity contribution in [3.05, 3.63) is 12.2 Å². The number of likely N-dealkylation sites (tertiary alicyclic amines) is 1. The predicted molar refractivity (Wildman–Crippen MR) is 83.6 cm³/mol. The molecule has 1 amide bonds. The number of fused-ring (bicyclic) bond motifs is 1. The van der Waals surface area contributed by atoms with Crippen LogP contribution >= 0.6 is 0 Å². The quantitative estimate of drug-likeness (QED) is 0.588. The van der Waals surface area contributed by atoms with Crippen molar-refractivity contribution in [1.82, 2.24) is 4.90 Å². The zero-order valence-electron chi connectivity index (χ0n) is 13.7. The van der Waals surface area contributed by atoms with Crippen molar-refractivity contribution >= 4 is 11.9 Å². The Kier molecular flexibility index (Phi) is 3.71. The molecule has 4 atom stereocenters. The molecule has 5 nitrogen and oxygen atoms in total. The second-order valence-corrected chi connectivity index (χ2v) is 7.33. The number of esters is 1. The van der Waals surface area contributed by atoms with E-state index in [-0.39, 0.29) is 23.9 Å². The molecule has 4 aliphatic rings. The van der Waals surface area contributed by atoms with Gasteiger partial charge in [0.05, 0.1) is 25.2 Å². The van der Waals surface area contributed by atoms with E-state index in [0.717, 1.165) is 19.3 Å². The molecule has 0 aromatic rings. The highest BCUT2D eigenvalue weighted by Gasteiger charge is 2.67. The largest absolute Gasteiger partial charge is 0.465 e. The lowest BCUT2D eigenvalue weighted by atomic mass is 9.77. The summed E-state index contributed by atoms with van der Waals surface area (Å²) in [6, 6.07) is 0.319. The van der Waals surface area contributed by atoms with Gasteiger partial charge in [0, 0.05) is 6.04 Å². The smallest absolute Gasteiger partial charge is 0.312 e. The second-order valence-electron chi connectivity index (χ2n) is 7.33. The molecular formula is C18H25NO4. The highest BCUT2D eigenvalue weighted by molar-refractivity contribution is 5.91. The van der Waals surface area contributed by atoms with Gasteiger partial charge >= 0.3 is 5.97 Å². The molecule has 0 unspecified atom stereocenters. The van der Waals surface area contributed by atoms with Crippen LogP contribution in [0.1, 0.15) is 45.4 Å². The first kappa shape index (κ1) is 15.2. The third-order valence-corrected chi connectivity index (χ3v) is 5.87. The molecule has 3 aliphatic heterocycles. The zero-order valence-corrected chi connectivity index (χ0v) is 13.7. The molecule has 2 saturated heterocycles. The first-order valence-electron chi connectivity index (χ1n) is 9.00. The van der Waals surface area contributed by atoms with Crippen molar-refractivity contribution in [2.75, 3.05) is 13.2 Å². The van der Waals surface area contributed by atoms with E-state index in [2.05, 4.69) is 0 Å². The molecular weight excluding hydrogens is 294 g/mol. The van der Waals surface area contributed by atoms with Crippen LogP contribution in [0.4, 0.5) is 0 Å². The maximum absolute atomic E-state index is 13.1. The molecule has 0 aromatic heterocycles. The van der Waals surface area contributed by atoms with Crippen LogP contribution in [-0.4, -0.2) is 47.7 Å². The van der Waals surface area contributed by atoms with Crippen LogP contribution in [0, 0.1) is 11.8 Å². The van der Waals surface area contributed by atoms with Gasteiger partial charge in [-0.25, -0.2) is 0 Å². The molecule has 2 bridgehead atoms. The highest BCUT2D eigenvalue weighted by atomic mass is 16.6.